The molecular weight excluding hydrogens is 278 g/mol. The molecular formula is C11H14ClNO4S. The van der Waals surface area contributed by atoms with Crippen molar-refractivity contribution < 1.29 is 17.9 Å². The zero-order chi connectivity index (χ0) is 13.6. The second-order valence-corrected chi connectivity index (χ2v) is 6.60. The van der Waals surface area contributed by atoms with Gasteiger partial charge in [-0.05, 0) is 5.56 Å². The van der Waals surface area contributed by atoms with Crippen LogP contribution >= 0.6 is 10.7 Å². The summed E-state index contributed by atoms with van der Waals surface area (Å²) in [6, 6.07) is 9.20. The fourth-order valence-corrected chi connectivity index (χ4v) is 1.87. The van der Waals surface area contributed by atoms with Crippen LogP contribution in [0.3, 0.4) is 0 Å². The quantitative estimate of drug-likeness (QED) is 0.776. The van der Waals surface area contributed by atoms with Gasteiger partial charge in [-0.3, -0.25) is 0 Å². The normalized spacial score (nSPS) is 11.0. The van der Waals surface area contributed by atoms with E-state index in [9.17, 15) is 13.2 Å². The zero-order valence-corrected chi connectivity index (χ0v) is 11.4. The van der Waals surface area contributed by atoms with E-state index < -0.39 is 15.1 Å². The van der Waals surface area contributed by atoms with E-state index in [0.717, 1.165) is 5.56 Å². The molecule has 0 bridgehead atoms. The summed E-state index contributed by atoms with van der Waals surface area (Å²) in [6.45, 7) is 0.150. The van der Waals surface area contributed by atoms with Crippen LogP contribution in [0.15, 0.2) is 30.3 Å². The second kappa shape index (κ2) is 6.61. The van der Waals surface area contributed by atoms with Gasteiger partial charge >= 0.3 is 6.09 Å². The van der Waals surface area contributed by atoms with Gasteiger partial charge in [-0.15, -0.1) is 0 Å². The summed E-state index contributed by atoms with van der Waals surface area (Å²) < 4.78 is 26.5. The fourth-order valence-electron chi connectivity index (χ4n) is 1.17. The van der Waals surface area contributed by atoms with E-state index >= 15 is 0 Å². The molecule has 1 rings (SSSR count). The summed E-state index contributed by atoms with van der Waals surface area (Å²) in [5.74, 6) is -0.300. The number of halogens is 1. The van der Waals surface area contributed by atoms with Crippen LogP contribution in [-0.2, 0) is 20.4 Å². The molecule has 0 radical (unpaired) electrons. The predicted octanol–water partition coefficient (Wildman–Crippen LogP) is 1.82. The van der Waals surface area contributed by atoms with Crippen LogP contribution in [0.4, 0.5) is 4.79 Å². The van der Waals surface area contributed by atoms with Gasteiger partial charge in [0.25, 0.3) is 0 Å². The highest BCUT2D eigenvalue weighted by atomic mass is 35.7. The number of amides is 1. The van der Waals surface area contributed by atoms with Gasteiger partial charge < -0.3 is 9.64 Å². The first-order valence-electron chi connectivity index (χ1n) is 5.22. The maximum atomic E-state index is 11.5. The molecule has 18 heavy (non-hydrogen) atoms. The van der Waals surface area contributed by atoms with Crippen molar-refractivity contribution in [3.8, 4) is 0 Å². The van der Waals surface area contributed by atoms with E-state index in [4.69, 9.17) is 15.4 Å². The standard InChI is InChI=1S/C11H14ClNO4S/c1-13(7-8-18(12,15)16)11(14)17-9-10-5-3-2-4-6-10/h2-6H,7-9H2,1H3. The van der Waals surface area contributed by atoms with E-state index in [1.807, 2.05) is 30.3 Å². The average molecular weight is 292 g/mol. The minimum atomic E-state index is -3.60. The van der Waals surface area contributed by atoms with Crippen LogP contribution in [0.2, 0.25) is 0 Å². The maximum Gasteiger partial charge on any atom is 0.409 e. The van der Waals surface area contributed by atoms with Crippen LogP contribution < -0.4 is 0 Å². The molecule has 0 heterocycles. The molecule has 1 aromatic carbocycles. The van der Waals surface area contributed by atoms with Crippen molar-refractivity contribution in [1.29, 1.82) is 0 Å². The van der Waals surface area contributed by atoms with Gasteiger partial charge in [0.05, 0.1) is 5.75 Å². The van der Waals surface area contributed by atoms with E-state index in [2.05, 4.69) is 0 Å². The number of hydrogen-bond donors (Lipinski definition) is 0. The monoisotopic (exact) mass is 291 g/mol. The Morgan fingerprint density at radius 3 is 2.50 bits per heavy atom. The first-order valence-corrected chi connectivity index (χ1v) is 7.70. The highest BCUT2D eigenvalue weighted by Crippen LogP contribution is 2.03. The third-order valence-corrected chi connectivity index (χ3v) is 3.32. The number of carbonyl (C=O) groups excluding carboxylic acids is 1. The summed E-state index contributed by atoms with van der Waals surface area (Å²) in [4.78, 5) is 12.7. The highest BCUT2D eigenvalue weighted by Gasteiger charge is 2.13. The zero-order valence-electron chi connectivity index (χ0n) is 9.87. The molecule has 7 heteroatoms. The van der Waals surface area contributed by atoms with Crippen molar-refractivity contribution in [3.05, 3.63) is 35.9 Å². The van der Waals surface area contributed by atoms with Crippen molar-refractivity contribution in [2.45, 2.75) is 6.61 Å². The molecule has 0 N–H and O–H groups in total. The van der Waals surface area contributed by atoms with Gasteiger partial charge in [-0.2, -0.15) is 0 Å². The van der Waals surface area contributed by atoms with Gasteiger partial charge in [-0.1, -0.05) is 30.3 Å². The van der Waals surface area contributed by atoms with Crippen LogP contribution in [0.5, 0.6) is 0 Å². The third kappa shape index (κ3) is 5.88. The molecule has 0 aliphatic carbocycles. The molecule has 0 saturated carbocycles. The maximum absolute atomic E-state index is 11.5. The van der Waals surface area contributed by atoms with E-state index in [1.165, 1.54) is 11.9 Å². The molecule has 0 fully saturated rings. The Hall–Kier alpha value is -1.27. The summed E-state index contributed by atoms with van der Waals surface area (Å²) in [6.07, 6.45) is -0.584. The number of nitrogens with zero attached hydrogens (tertiary/aromatic N) is 1. The Labute approximate surface area is 111 Å². The average Bonchev–Trinajstić information content (AvgIpc) is 2.33. The SMILES string of the molecule is CN(CCS(=O)(=O)Cl)C(=O)OCc1ccccc1. The van der Waals surface area contributed by atoms with Crippen molar-refractivity contribution in [1.82, 2.24) is 4.90 Å². The molecule has 1 aromatic rings. The Morgan fingerprint density at radius 1 is 1.33 bits per heavy atom. The smallest absolute Gasteiger partial charge is 0.409 e. The van der Waals surface area contributed by atoms with Gasteiger partial charge in [-0.25, -0.2) is 13.2 Å². The molecule has 0 spiro atoms. The molecule has 0 atom stereocenters. The lowest BCUT2D eigenvalue weighted by atomic mass is 10.2. The van der Waals surface area contributed by atoms with Crippen LogP contribution in [0.1, 0.15) is 5.56 Å². The Bertz CT molecular complexity index is 489. The Kier molecular flexibility index (Phi) is 5.43. The Balaban J connectivity index is 2.37. The number of rotatable bonds is 5. The molecule has 0 aliphatic heterocycles. The second-order valence-electron chi connectivity index (χ2n) is 3.70. The van der Waals surface area contributed by atoms with E-state index in [-0.39, 0.29) is 18.9 Å². The topological polar surface area (TPSA) is 63.7 Å². The largest absolute Gasteiger partial charge is 0.445 e. The Morgan fingerprint density at radius 2 is 1.94 bits per heavy atom. The fraction of sp³-hybridized carbons (Fsp3) is 0.364. The highest BCUT2D eigenvalue weighted by molar-refractivity contribution is 8.13. The minimum absolute atomic E-state index is 0.000539. The van der Waals surface area contributed by atoms with Crippen LogP contribution in [0.25, 0.3) is 0 Å². The lowest BCUT2D eigenvalue weighted by Crippen LogP contribution is -2.31. The summed E-state index contributed by atoms with van der Waals surface area (Å²) in [5, 5.41) is 0. The summed E-state index contributed by atoms with van der Waals surface area (Å²) >= 11 is 0. The van der Waals surface area contributed by atoms with Gasteiger partial charge in [0, 0.05) is 24.3 Å². The van der Waals surface area contributed by atoms with Gasteiger partial charge in [0.15, 0.2) is 0 Å². The predicted molar refractivity (Wildman–Crippen MR) is 68.9 cm³/mol. The van der Waals surface area contributed by atoms with E-state index in [0.29, 0.717) is 0 Å². The molecule has 5 nitrogen and oxygen atoms in total. The lowest BCUT2D eigenvalue weighted by molar-refractivity contribution is 0.106. The number of carbonyl (C=O) groups is 1. The van der Waals surface area contributed by atoms with Crippen molar-refractivity contribution >= 4 is 25.8 Å². The molecule has 0 unspecified atom stereocenters. The van der Waals surface area contributed by atoms with Crippen molar-refractivity contribution in [2.75, 3.05) is 19.3 Å². The number of ether oxygens (including phenoxy) is 1. The van der Waals surface area contributed by atoms with Crippen molar-refractivity contribution in [2.24, 2.45) is 0 Å². The lowest BCUT2D eigenvalue weighted by Gasteiger charge is -2.15. The van der Waals surface area contributed by atoms with Crippen LogP contribution in [-0.4, -0.2) is 38.8 Å². The molecule has 0 aromatic heterocycles. The molecule has 0 aliphatic rings. The molecule has 0 saturated heterocycles. The van der Waals surface area contributed by atoms with Gasteiger partial charge in [0.2, 0.25) is 9.05 Å². The van der Waals surface area contributed by atoms with Crippen LogP contribution in [0, 0.1) is 0 Å². The summed E-state index contributed by atoms with van der Waals surface area (Å²) in [5.41, 5.74) is 0.865. The third-order valence-electron chi connectivity index (χ3n) is 2.19. The summed E-state index contributed by atoms with van der Waals surface area (Å²) in [7, 11) is 2.91. The molecule has 100 valence electrons. The van der Waals surface area contributed by atoms with E-state index in [1.54, 1.807) is 0 Å². The first kappa shape index (κ1) is 14.8. The minimum Gasteiger partial charge on any atom is -0.445 e. The van der Waals surface area contributed by atoms with Crippen molar-refractivity contribution in [3.63, 3.8) is 0 Å². The number of benzene rings is 1. The first-order chi connectivity index (χ1) is 8.38. The van der Waals surface area contributed by atoms with Gasteiger partial charge in [0.1, 0.15) is 6.61 Å². The number of hydrogen-bond acceptors (Lipinski definition) is 4. The molecule has 1 amide bonds.